The first kappa shape index (κ1) is 18.6. The zero-order valence-electron chi connectivity index (χ0n) is 14.6. The van der Waals surface area contributed by atoms with Crippen molar-refractivity contribution in [2.24, 2.45) is 0 Å². The van der Waals surface area contributed by atoms with Crippen LogP contribution in [0.2, 0.25) is 0 Å². The van der Waals surface area contributed by atoms with Crippen molar-refractivity contribution < 1.29 is 18.7 Å². The zero-order chi connectivity index (χ0) is 18.4. The summed E-state index contributed by atoms with van der Waals surface area (Å²) in [7, 11) is 0. The summed E-state index contributed by atoms with van der Waals surface area (Å²) >= 11 is 0. The summed E-state index contributed by atoms with van der Waals surface area (Å²) in [5.74, 6) is -1.22. The number of nitrogens with one attached hydrogen (secondary N) is 1. The average molecular weight is 343 g/mol. The van der Waals surface area contributed by atoms with E-state index in [1.54, 1.807) is 0 Å². The highest BCUT2D eigenvalue weighted by molar-refractivity contribution is 5.97. The normalized spacial score (nSPS) is 13.0. The van der Waals surface area contributed by atoms with Crippen molar-refractivity contribution in [3.63, 3.8) is 0 Å². The van der Waals surface area contributed by atoms with Crippen LogP contribution in [0.15, 0.2) is 48.5 Å². The van der Waals surface area contributed by atoms with Crippen molar-refractivity contribution in [1.82, 2.24) is 0 Å². The minimum absolute atomic E-state index is 0.195. The number of esters is 1. The summed E-state index contributed by atoms with van der Waals surface area (Å²) in [6.07, 6.45) is -0.0234. The maximum Gasteiger partial charge on any atom is 0.338 e. The molecule has 0 heterocycles. The lowest BCUT2D eigenvalue weighted by Crippen LogP contribution is -2.30. The highest BCUT2D eigenvalue weighted by atomic mass is 19.1. The van der Waals surface area contributed by atoms with Gasteiger partial charge in [0.1, 0.15) is 5.82 Å². The first-order chi connectivity index (χ1) is 11.9. The van der Waals surface area contributed by atoms with E-state index in [1.807, 2.05) is 24.3 Å². The van der Waals surface area contributed by atoms with Gasteiger partial charge in [-0.05, 0) is 55.2 Å². The molecule has 0 aliphatic heterocycles. The molecule has 0 unspecified atom stereocenters. The Hall–Kier alpha value is -2.69. The molecule has 0 spiro atoms. The van der Waals surface area contributed by atoms with Crippen molar-refractivity contribution in [2.75, 3.05) is 5.32 Å². The molecule has 0 aliphatic rings. The van der Waals surface area contributed by atoms with Gasteiger partial charge in [0.25, 0.3) is 5.91 Å². The van der Waals surface area contributed by atoms with Gasteiger partial charge >= 0.3 is 5.97 Å². The molecule has 0 radical (unpaired) electrons. The van der Waals surface area contributed by atoms with E-state index in [9.17, 15) is 14.0 Å². The number of ether oxygens (including phenoxy) is 1. The lowest BCUT2D eigenvalue weighted by molar-refractivity contribution is -0.123. The van der Waals surface area contributed by atoms with Crippen LogP contribution < -0.4 is 5.32 Å². The van der Waals surface area contributed by atoms with Gasteiger partial charge in [-0.2, -0.15) is 0 Å². The van der Waals surface area contributed by atoms with Crippen molar-refractivity contribution in [2.45, 2.75) is 39.2 Å². The van der Waals surface area contributed by atoms with Gasteiger partial charge in [-0.25, -0.2) is 9.18 Å². The third kappa shape index (κ3) is 4.89. The average Bonchev–Trinajstić information content (AvgIpc) is 2.61. The second-order valence-corrected chi connectivity index (χ2v) is 5.94. The van der Waals surface area contributed by atoms with Gasteiger partial charge in [-0.3, -0.25) is 4.79 Å². The highest BCUT2D eigenvalue weighted by Crippen LogP contribution is 2.26. The molecule has 25 heavy (non-hydrogen) atoms. The second-order valence-electron chi connectivity index (χ2n) is 5.94. The maximum absolute atomic E-state index is 12.9. The molecule has 1 amide bonds. The van der Waals surface area contributed by atoms with Crippen LogP contribution in [0.3, 0.4) is 0 Å². The molecule has 0 saturated heterocycles. The minimum Gasteiger partial charge on any atom is -0.449 e. The molecule has 2 aromatic carbocycles. The Morgan fingerprint density at radius 3 is 2.36 bits per heavy atom. The maximum atomic E-state index is 12.9. The minimum atomic E-state index is -0.970. The van der Waals surface area contributed by atoms with Crippen LogP contribution >= 0.6 is 0 Å². The van der Waals surface area contributed by atoms with Gasteiger partial charge in [-0.1, -0.05) is 32.0 Å². The molecule has 1 N–H and O–H groups in total. The van der Waals surface area contributed by atoms with Crippen LogP contribution in [0.25, 0.3) is 0 Å². The second kappa shape index (κ2) is 8.42. The monoisotopic (exact) mass is 343 g/mol. The number of carbonyl (C=O) groups is 2. The predicted octanol–water partition coefficient (Wildman–Crippen LogP) is 4.52. The molecule has 2 aromatic rings. The number of para-hydroxylation sites is 1. The van der Waals surface area contributed by atoms with E-state index in [2.05, 4.69) is 19.2 Å². The Balaban J connectivity index is 2.03. The van der Waals surface area contributed by atoms with E-state index in [-0.39, 0.29) is 5.56 Å². The first-order valence-corrected chi connectivity index (χ1v) is 8.28. The van der Waals surface area contributed by atoms with Crippen LogP contribution in [0.1, 0.15) is 49.0 Å². The van der Waals surface area contributed by atoms with Gasteiger partial charge in [0.15, 0.2) is 6.10 Å². The molecule has 0 aromatic heterocycles. The third-order valence-corrected chi connectivity index (χ3v) is 4.09. The third-order valence-electron chi connectivity index (χ3n) is 4.09. The molecule has 2 atom stereocenters. The Morgan fingerprint density at radius 1 is 1.08 bits per heavy atom. The van der Waals surface area contributed by atoms with Gasteiger partial charge in [0, 0.05) is 5.69 Å². The lowest BCUT2D eigenvalue weighted by atomic mass is 9.97. The zero-order valence-corrected chi connectivity index (χ0v) is 14.6. The molecule has 5 heteroatoms. The summed E-state index contributed by atoms with van der Waals surface area (Å²) in [5.41, 5.74) is 1.95. The number of carbonyl (C=O) groups excluding carboxylic acids is 2. The summed E-state index contributed by atoms with van der Waals surface area (Å²) in [6.45, 7) is 5.67. The van der Waals surface area contributed by atoms with E-state index < -0.39 is 23.8 Å². The van der Waals surface area contributed by atoms with Crippen LogP contribution in [-0.4, -0.2) is 18.0 Å². The fourth-order valence-corrected chi connectivity index (χ4v) is 2.36. The van der Waals surface area contributed by atoms with Gasteiger partial charge < -0.3 is 10.1 Å². The van der Waals surface area contributed by atoms with E-state index in [0.29, 0.717) is 11.6 Å². The number of hydrogen-bond acceptors (Lipinski definition) is 3. The van der Waals surface area contributed by atoms with E-state index in [1.165, 1.54) is 31.2 Å². The largest absolute Gasteiger partial charge is 0.449 e. The summed E-state index contributed by atoms with van der Waals surface area (Å²) in [5, 5.41) is 2.82. The molecule has 2 rings (SSSR count). The van der Waals surface area contributed by atoms with Gasteiger partial charge in [-0.15, -0.1) is 0 Å². The molecule has 0 fully saturated rings. The van der Waals surface area contributed by atoms with Crippen LogP contribution in [0.4, 0.5) is 10.1 Å². The van der Waals surface area contributed by atoms with Crippen LogP contribution in [-0.2, 0) is 9.53 Å². The van der Waals surface area contributed by atoms with Crippen molar-refractivity contribution in [1.29, 1.82) is 0 Å². The van der Waals surface area contributed by atoms with E-state index in [4.69, 9.17) is 4.74 Å². The Labute approximate surface area is 147 Å². The molecule has 132 valence electrons. The topological polar surface area (TPSA) is 55.4 Å². The highest BCUT2D eigenvalue weighted by Gasteiger charge is 2.20. The SMILES string of the molecule is CC[C@@H](C)c1ccccc1NC(=O)[C@H](C)OC(=O)c1ccc(F)cc1. The number of benzene rings is 2. The number of hydrogen-bond donors (Lipinski definition) is 1. The molecular formula is C20H22FNO3. The van der Waals surface area contributed by atoms with Crippen molar-refractivity contribution in [3.8, 4) is 0 Å². The standard InChI is InChI=1S/C20H22FNO3/c1-4-13(2)17-7-5-6-8-18(17)22-19(23)14(3)25-20(24)15-9-11-16(21)12-10-15/h5-14H,4H2,1-3H3,(H,22,23)/t13-,14+/m1/s1. The first-order valence-electron chi connectivity index (χ1n) is 8.28. The summed E-state index contributed by atoms with van der Waals surface area (Å²) in [6, 6.07) is 12.5. The van der Waals surface area contributed by atoms with Gasteiger partial charge in [0.2, 0.25) is 0 Å². The van der Waals surface area contributed by atoms with Crippen LogP contribution in [0, 0.1) is 5.82 Å². The number of rotatable bonds is 6. The Morgan fingerprint density at radius 2 is 1.72 bits per heavy atom. The lowest BCUT2D eigenvalue weighted by Gasteiger charge is -2.18. The van der Waals surface area contributed by atoms with Crippen molar-refractivity contribution in [3.05, 3.63) is 65.5 Å². The van der Waals surface area contributed by atoms with Crippen molar-refractivity contribution >= 4 is 17.6 Å². The summed E-state index contributed by atoms with van der Waals surface area (Å²) < 4.78 is 18.1. The predicted molar refractivity (Wildman–Crippen MR) is 95.1 cm³/mol. The Bertz CT molecular complexity index is 743. The molecular weight excluding hydrogens is 321 g/mol. The van der Waals surface area contributed by atoms with Crippen LogP contribution in [0.5, 0.6) is 0 Å². The quantitative estimate of drug-likeness (QED) is 0.785. The number of amides is 1. The van der Waals surface area contributed by atoms with E-state index in [0.717, 1.165) is 12.0 Å². The molecule has 0 aliphatic carbocycles. The van der Waals surface area contributed by atoms with Gasteiger partial charge in [0.05, 0.1) is 5.56 Å². The Kier molecular flexibility index (Phi) is 6.28. The molecule has 4 nitrogen and oxygen atoms in total. The fourth-order valence-electron chi connectivity index (χ4n) is 2.36. The molecule has 0 saturated carbocycles. The fraction of sp³-hybridized carbons (Fsp3) is 0.300. The molecule has 0 bridgehead atoms. The van der Waals surface area contributed by atoms with E-state index >= 15 is 0 Å². The smallest absolute Gasteiger partial charge is 0.338 e. The summed E-state index contributed by atoms with van der Waals surface area (Å²) in [4.78, 5) is 24.4. The number of halogens is 1. The number of anilines is 1.